The lowest BCUT2D eigenvalue weighted by Crippen LogP contribution is -2.21. The molecule has 0 aliphatic heterocycles. The molecule has 0 heterocycles. The second-order valence-corrected chi connectivity index (χ2v) is 6.84. The highest BCUT2D eigenvalue weighted by Crippen LogP contribution is 2.16. The van der Waals surface area contributed by atoms with Gasteiger partial charge in [0.2, 0.25) is 0 Å². The van der Waals surface area contributed by atoms with Gasteiger partial charge in [0.1, 0.15) is 9.84 Å². The number of aryl methyl sites for hydroxylation is 1. The molecule has 1 aromatic carbocycles. The summed E-state index contributed by atoms with van der Waals surface area (Å²) in [6.07, 6.45) is 3.50. The van der Waals surface area contributed by atoms with Crippen LogP contribution in [-0.2, 0) is 16.3 Å². The minimum absolute atomic E-state index is 0.134. The van der Waals surface area contributed by atoms with Gasteiger partial charge in [-0.3, -0.25) is 4.90 Å². The molecule has 0 aliphatic carbocycles. The molecule has 0 fully saturated rings. The van der Waals surface area contributed by atoms with Gasteiger partial charge in [0.15, 0.2) is 6.19 Å². The molecule has 0 amide bonds. The predicted octanol–water partition coefficient (Wildman–Crippen LogP) is 2.36. The first-order valence-corrected chi connectivity index (χ1v) is 8.31. The zero-order valence-corrected chi connectivity index (χ0v) is 12.3. The second kappa shape index (κ2) is 7.15. The normalized spacial score (nSPS) is 11.0. The number of hydrogen-bond acceptors (Lipinski definition) is 4. The van der Waals surface area contributed by atoms with Crippen LogP contribution in [0.3, 0.4) is 0 Å². The van der Waals surface area contributed by atoms with Crippen LogP contribution in [-0.4, -0.2) is 26.5 Å². The SMILES string of the molecule is CCc1cccc(N(C#N)CCCS(=O)(=O)CC)c1. The fraction of sp³-hybridized carbons (Fsp3) is 0.500. The van der Waals surface area contributed by atoms with Gasteiger partial charge in [-0.05, 0) is 30.5 Å². The van der Waals surface area contributed by atoms with E-state index in [0.29, 0.717) is 13.0 Å². The topological polar surface area (TPSA) is 61.2 Å². The highest BCUT2D eigenvalue weighted by molar-refractivity contribution is 7.91. The fourth-order valence-electron chi connectivity index (χ4n) is 1.77. The van der Waals surface area contributed by atoms with Crippen molar-refractivity contribution >= 4 is 15.5 Å². The third-order valence-electron chi connectivity index (χ3n) is 3.03. The van der Waals surface area contributed by atoms with Crippen LogP contribution in [0.25, 0.3) is 0 Å². The van der Waals surface area contributed by atoms with Crippen molar-refractivity contribution in [2.45, 2.75) is 26.7 Å². The van der Waals surface area contributed by atoms with Gasteiger partial charge in [0.05, 0.1) is 11.4 Å². The number of sulfone groups is 1. The summed E-state index contributed by atoms with van der Waals surface area (Å²) >= 11 is 0. The van der Waals surface area contributed by atoms with Crippen LogP contribution in [0, 0.1) is 11.5 Å². The van der Waals surface area contributed by atoms with Gasteiger partial charge >= 0.3 is 0 Å². The number of benzene rings is 1. The van der Waals surface area contributed by atoms with Gasteiger partial charge in [0.25, 0.3) is 0 Å². The quantitative estimate of drug-likeness (QED) is 0.568. The summed E-state index contributed by atoms with van der Waals surface area (Å²) in [5.41, 5.74) is 2.00. The average molecular weight is 280 g/mol. The van der Waals surface area contributed by atoms with E-state index in [9.17, 15) is 8.42 Å². The first-order valence-electron chi connectivity index (χ1n) is 6.49. The highest BCUT2D eigenvalue weighted by atomic mass is 32.2. The van der Waals surface area contributed by atoms with Crippen LogP contribution in [0.2, 0.25) is 0 Å². The summed E-state index contributed by atoms with van der Waals surface area (Å²) < 4.78 is 22.8. The van der Waals surface area contributed by atoms with E-state index in [0.717, 1.165) is 12.1 Å². The molecule has 0 spiro atoms. The molecule has 0 saturated heterocycles. The molecule has 0 atom stereocenters. The molecule has 0 saturated carbocycles. The van der Waals surface area contributed by atoms with Gasteiger partial charge in [-0.15, -0.1) is 0 Å². The van der Waals surface area contributed by atoms with Crippen LogP contribution in [0.15, 0.2) is 24.3 Å². The van der Waals surface area contributed by atoms with Crippen molar-refractivity contribution in [3.63, 3.8) is 0 Å². The van der Waals surface area contributed by atoms with E-state index in [1.165, 1.54) is 5.56 Å². The number of anilines is 1. The van der Waals surface area contributed by atoms with E-state index < -0.39 is 9.84 Å². The predicted molar refractivity (Wildman–Crippen MR) is 77.7 cm³/mol. The maximum absolute atomic E-state index is 11.4. The Morgan fingerprint density at radius 1 is 1.32 bits per heavy atom. The number of nitriles is 1. The van der Waals surface area contributed by atoms with Gasteiger partial charge in [-0.25, -0.2) is 8.42 Å². The molecular weight excluding hydrogens is 260 g/mol. The molecule has 0 bridgehead atoms. The third kappa shape index (κ3) is 4.92. The Bertz CT molecular complexity index is 547. The number of rotatable bonds is 7. The van der Waals surface area contributed by atoms with Crippen molar-refractivity contribution in [3.05, 3.63) is 29.8 Å². The number of hydrogen-bond donors (Lipinski definition) is 0. The van der Waals surface area contributed by atoms with E-state index in [1.807, 2.05) is 24.3 Å². The number of nitrogens with zero attached hydrogens (tertiary/aromatic N) is 2. The Morgan fingerprint density at radius 3 is 2.63 bits per heavy atom. The van der Waals surface area contributed by atoms with E-state index in [1.54, 1.807) is 11.8 Å². The van der Waals surface area contributed by atoms with Crippen LogP contribution < -0.4 is 4.90 Å². The largest absolute Gasteiger partial charge is 0.279 e. The summed E-state index contributed by atoms with van der Waals surface area (Å²) in [7, 11) is -2.95. The first kappa shape index (κ1) is 15.5. The zero-order chi connectivity index (χ0) is 14.3. The maximum Gasteiger partial charge on any atom is 0.184 e. The van der Waals surface area contributed by atoms with E-state index in [2.05, 4.69) is 13.1 Å². The third-order valence-corrected chi connectivity index (χ3v) is 4.82. The Hall–Kier alpha value is -1.54. The second-order valence-electron chi connectivity index (χ2n) is 4.37. The van der Waals surface area contributed by atoms with Crippen LogP contribution in [0.5, 0.6) is 0 Å². The lowest BCUT2D eigenvalue weighted by Gasteiger charge is -2.16. The molecule has 0 aliphatic rings. The van der Waals surface area contributed by atoms with Gasteiger partial charge in [0, 0.05) is 12.3 Å². The Morgan fingerprint density at radius 2 is 2.05 bits per heavy atom. The summed E-state index contributed by atoms with van der Waals surface area (Å²) in [6.45, 7) is 4.13. The first-order chi connectivity index (χ1) is 9.02. The maximum atomic E-state index is 11.4. The minimum atomic E-state index is -2.95. The van der Waals surface area contributed by atoms with Gasteiger partial charge in [-0.2, -0.15) is 5.26 Å². The molecule has 4 nitrogen and oxygen atoms in total. The van der Waals surface area contributed by atoms with Crippen molar-refractivity contribution in [1.82, 2.24) is 0 Å². The summed E-state index contributed by atoms with van der Waals surface area (Å²) in [6, 6.07) is 7.77. The monoisotopic (exact) mass is 280 g/mol. The van der Waals surface area contributed by atoms with E-state index in [4.69, 9.17) is 5.26 Å². The lowest BCUT2D eigenvalue weighted by atomic mass is 10.1. The summed E-state index contributed by atoms with van der Waals surface area (Å²) in [5.74, 6) is 0.292. The van der Waals surface area contributed by atoms with Crippen molar-refractivity contribution in [3.8, 4) is 6.19 Å². The molecular formula is C14H20N2O2S. The molecule has 0 aromatic heterocycles. The van der Waals surface area contributed by atoms with Crippen LogP contribution in [0.4, 0.5) is 5.69 Å². The zero-order valence-electron chi connectivity index (χ0n) is 11.5. The van der Waals surface area contributed by atoms with Crippen molar-refractivity contribution in [1.29, 1.82) is 5.26 Å². The van der Waals surface area contributed by atoms with E-state index >= 15 is 0 Å². The standard InChI is InChI=1S/C14H20N2O2S/c1-3-13-7-5-8-14(11-13)16(12-15)9-6-10-19(17,18)4-2/h5,7-8,11H,3-4,6,9-10H2,1-2H3. The molecule has 0 unspecified atom stereocenters. The fourth-order valence-corrected chi connectivity index (χ4v) is 2.63. The lowest BCUT2D eigenvalue weighted by molar-refractivity contribution is 0.594. The molecule has 104 valence electrons. The van der Waals surface area contributed by atoms with Crippen LogP contribution in [0.1, 0.15) is 25.8 Å². The van der Waals surface area contributed by atoms with Gasteiger partial charge < -0.3 is 0 Å². The minimum Gasteiger partial charge on any atom is -0.279 e. The molecule has 1 aromatic rings. The highest BCUT2D eigenvalue weighted by Gasteiger charge is 2.10. The molecule has 0 N–H and O–H groups in total. The molecule has 0 radical (unpaired) electrons. The van der Waals surface area contributed by atoms with Crippen LogP contribution >= 0.6 is 0 Å². The van der Waals surface area contributed by atoms with Crippen molar-refractivity contribution in [2.24, 2.45) is 0 Å². The van der Waals surface area contributed by atoms with E-state index in [-0.39, 0.29) is 11.5 Å². The average Bonchev–Trinajstić information content (AvgIpc) is 2.43. The summed E-state index contributed by atoms with van der Waals surface area (Å²) in [5, 5.41) is 9.16. The smallest absolute Gasteiger partial charge is 0.184 e. The molecule has 1 rings (SSSR count). The molecule has 5 heteroatoms. The Labute approximate surface area is 115 Å². The van der Waals surface area contributed by atoms with Crippen molar-refractivity contribution < 1.29 is 8.42 Å². The Kier molecular flexibility index (Phi) is 5.84. The summed E-state index contributed by atoms with van der Waals surface area (Å²) in [4.78, 5) is 1.55. The van der Waals surface area contributed by atoms with Gasteiger partial charge in [-0.1, -0.05) is 26.0 Å². The van der Waals surface area contributed by atoms with Crippen molar-refractivity contribution in [2.75, 3.05) is 23.0 Å². The molecule has 19 heavy (non-hydrogen) atoms. The Balaban J connectivity index is 2.66.